The molecule has 1 amide bonds. The van der Waals surface area contributed by atoms with Crippen LogP contribution in [0.4, 0.5) is 4.39 Å². The van der Waals surface area contributed by atoms with E-state index in [1.165, 1.54) is 28.2 Å². The minimum atomic E-state index is -3.69. The van der Waals surface area contributed by atoms with E-state index in [2.05, 4.69) is 9.97 Å². The molecule has 1 aliphatic rings. The summed E-state index contributed by atoms with van der Waals surface area (Å²) in [6.45, 7) is 4.95. The Kier molecular flexibility index (Phi) is 7.10. The van der Waals surface area contributed by atoms with Crippen molar-refractivity contribution in [1.29, 1.82) is 0 Å². The van der Waals surface area contributed by atoms with Gasteiger partial charge < -0.3 is 4.90 Å². The maximum Gasteiger partial charge on any atom is 0.243 e. The molecule has 10 heteroatoms. The quantitative estimate of drug-likeness (QED) is 0.494. The predicted octanol–water partition coefficient (Wildman–Crippen LogP) is 2.42. The number of nitrogens with zero attached hydrogens (tertiary/aromatic N) is 4. The highest BCUT2D eigenvalue weighted by Gasteiger charge is 2.30. The normalized spacial score (nSPS) is 15.4. The zero-order valence-electron chi connectivity index (χ0n) is 17.3. The Bertz CT molecular complexity index is 998. The van der Waals surface area contributed by atoms with Crippen molar-refractivity contribution in [2.45, 2.75) is 36.7 Å². The number of halogens is 1. The van der Waals surface area contributed by atoms with E-state index in [9.17, 15) is 17.6 Å². The van der Waals surface area contributed by atoms with Crippen LogP contribution in [0.25, 0.3) is 0 Å². The number of thioether (sulfide) groups is 1. The summed E-state index contributed by atoms with van der Waals surface area (Å²) in [6.07, 6.45) is 2.81. The van der Waals surface area contributed by atoms with Crippen molar-refractivity contribution < 1.29 is 17.6 Å². The van der Waals surface area contributed by atoms with Crippen LogP contribution in [0.15, 0.2) is 34.3 Å². The Balaban J connectivity index is 1.57. The third kappa shape index (κ3) is 4.98. The lowest BCUT2D eigenvalue weighted by atomic mass is 10.1. The lowest BCUT2D eigenvalue weighted by Crippen LogP contribution is -2.50. The van der Waals surface area contributed by atoms with Gasteiger partial charge >= 0.3 is 0 Å². The third-order valence-corrected chi connectivity index (χ3v) is 7.67. The summed E-state index contributed by atoms with van der Waals surface area (Å²) in [5.41, 5.74) is 2.75. The monoisotopic (exact) mass is 452 g/mol. The van der Waals surface area contributed by atoms with Crippen molar-refractivity contribution in [3.63, 3.8) is 0 Å². The summed E-state index contributed by atoms with van der Waals surface area (Å²) in [5.74, 6) is -0.495. The Morgan fingerprint density at radius 3 is 2.17 bits per heavy atom. The van der Waals surface area contributed by atoms with Gasteiger partial charge in [-0.25, -0.2) is 22.8 Å². The molecule has 30 heavy (non-hydrogen) atoms. The first-order valence-corrected chi connectivity index (χ1v) is 12.3. The van der Waals surface area contributed by atoms with Crippen molar-refractivity contribution >= 4 is 27.7 Å². The highest BCUT2D eigenvalue weighted by molar-refractivity contribution is 7.98. The molecule has 0 atom stereocenters. The van der Waals surface area contributed by atoms with E-state index in [1.807, 2.05) is 20.1 Å². The molecule has 0 unspecified atom stereocenters. The first kappa shape index (κ1) is 22.6. The van der Waals surface area contributed by atoms with Crippen molar-refractivity contribution in [2.75, 3.05) is 32.4 Å². The van der Waals surface area contributed by atoms with Gasteiger partial charge in [-0.15, -0.1) is 0 Å². The van der Waals surface area contributed by atoms with Crippen molar-refractivity contribution in [3.8, 4) is 0 Å². The average molecular weight is 453 g/mol. The summed E-state index contributed by atoms with van der Waals surface area (Å²) >= 11 is 1.48. The Labute approximate surface area is 180 Å². The summed E-state index contributed by atoms with van der Waals surface area (Å²) in [4.78, 5) is 23.3. The molecule has 0 N–H and O–H groups in total. The number of hydrogen-bond donors (Lipinski definition) is 0. The van der Waals surface area contributed by atoms with Crippen LogP contribution in [-0.2, 0) is 21.2 Å². The zero-order chi connectivity index (χ0) is 21.9. The van der Waals surface area contributed by atoms with E-state index >= 15 is 0 Å². The minimum absolute atomic E-state index is 0.0124. The first-order chi connectivity index (χ1) is 14.2. The van der Waals surface area contributed by atoms with E-state index in [4.69, 9.17) is 0 Å². The molecule has 0 aliphatic carbocycles. The lowest BCUT2D eigenvalue weighted by Gasteiger charge is -2.34. The smallest absolute Gasteiger partial charge is 0.243 e. The molecule has 1 saturated heterocycles. The summed E-state index contributed by atoms with van der Waals surface area (Å²) in [6, 6.07) is 4.78. The SMILES string of the molecule is CSc1nc(C)c(CCC(=O)N2CCN(S(=O)(=O)c3ccc(F)cc3)CC2)c(C)n1. The van der Waals surface area contributed by atoms with Crippen LogP contribution in [0, 0.1) is 19.7 Å². The zero-order valence-corrected chi connectivity index (χ0v) is 18.9. The standard InChI is InChI=1S/C20H25FN4O3S2/c1-14-18(15(2)23-20(22-14)29-3)8-9-19(26)24-10-12-25(13-11-24)30(27,28)17-6-4-16(21)5-7-17/h4-7H,8-13H2,1-3H3. The van der Waals surface area contributed by atoms with Crippen LogP contribution in [0.2, 0.25) is 0 Å². The number of aryl methyl sites for hydroxylation is 2. The Hall–Kier alpha value is -2.04. The number of hydrogen-bond acceptors (Lipinski definition) is 6. The van der Waals surface area contributed by atoms with Crippen LogP contribution >= 0.6 is 11.8 Å². The van der Waals surface area contributed by atoms with Crippen LogP contribution in [0.5, 0.6) is 0 Å². The van der Waals surface area contributed by atoms with Gasteiger partial charge in [-0.3, -0.25) is 4.79 Å². The van der Waals surface area contributed by atoms with Crippen LogP contribution < -0.4 is 0 Å². The van der Waals surface area contributed by atoms with Gasteiger partial charge in [0.2, 0.25) is 15.9 Å². The van der Waals surface area contributed by atoms with E-state index in [1.54, 1.807) is 4.90 Å². The fourth-order valence-corrected chi connectivity index (χ4v) is 5.36. The molecular formula is C20H25FN4O3S2. The van der Waals surface area contributed by atoms with Crippen LogP contribution in [0.3, 0.4) is 0 Å². The van der Waals surface area contributed by atoms with Crippen molar-refractivity contribution in [2.24, 2.45) is 0 Å². The molecular weight excluding hydrogens is 427 g/mol. The molecule has 0 saturated carbocycles. The molecule has 2 aromatic rings. The molecule has 1 aromatic carbocycles. The summed E-state index contributed by atoms with van der Waals surface area (Å²) < 4.78 is 39.8. The molecule has 0 spiro atoms. The predicted molar refractivity (Wildman–Crippen MR) is 113 cm³/mol. The van der Waals surface area contributed by atoms with Crippen LogP contribution in [-0.4, -0.2) is 65.9 Å². The van der Waals surface area contributed by atoms with Gasteiger partial charge in [0, 0.05) is 44.0 Å². The maximum atomic E-state index is 13.1. The second-order valence-corrected chi connectivity index (χ2v) is 9.81. The summed E-state index contributed by atoms with van der Waals surface area (Å²) in [7, 11) is -3.69. The molecule has 162 valence electrons. The Morgan fingerprint density at radius 1 is 1.07 bits per heavy atom. The van der Waals surface area contributed by atoms with Gasteiger partial charge in [0.1, 0.15) is 5.82 Å². The number of rotatable bonds is 6. The molecule has 1 aliphatic heterocycles. The molecule has 1 fully saturated rings. The number of carbonyl (C=O) groups is 1. The number of amides is 1. The fraction of sp³-hybridized carbons (Fsp3) is 0.450. The van der Waals surface area contributed by atoms with Gasteiger partial charge in [-0.05, 0) is 56.4 Å². The fourth-order valence-electron chi connectivity index (χ4n) is 3.49. The first-order valence-electron chi connectivity index (χ1n) is 9.64. The van der Waals surface area contributed by atoms with E-state index < -0.39 is 15.8 Å². The number of piperazine rings is 1. The average Bonchev–Trinajstić information content (AvgIpc) is 2.73. The van der Waals surface area contributed by atoms with Gasteiger partial charge in [0.05, 0.1) is 4.90 Å². The molecule has 2 heterocycles. The number of aromatic nitrogens is 2. The molecule has 3 rings (SSSR count). The number of benzene rings is 1. The van der Waals surface area contributed by atoms with Gasteiger partial charge in [0.25, 0.3) is 0 Å². The molecule has 1 aromatic heterocycles. The highest BCUT2D eigenvalue weighted by Crippen LogP contribution is 2.20. The van der Waals surface area contributed by atoms with Crippen molar-refractivity contribution in [1.82, 2.24) is 19.2 Å². The second-order valence-electron chi connectivity index (χ2n) is 7.10. The van der Waals surface area contributed by atoms with Crippen LogP contribution in [0.1, 0.15) is 23.4 Å². The Morgan fingerprint density at radius 2 is 1.63 bits per heavy atom. The van der Waals surface area contributed by atoms with E-state index in [0.717, 1.165) is 34.2 Å². The molecule has 7 nitrogen and oxygen atoms in total. The molecule has 0 radical (unpaired) electrons. The maximum absolute atomic E-state index is 13.1. The van der Waals surface area contributed by atoms with Gasteiger partial charge in [-0.2, -0.15) is 4.31 Å². The number of carbonyl (C=O) groups excluding carboxylic acids is 1. The van der Waals surface area contributed by atoms with Gasteiger partial charge in [0.15, 0.2) is 5.16 Å². The van der Waals surface area contributed by atoms with Crippen molar-refractivity contribution in [3.05, 3.63) is 47.0 Å². The lowest BCUT2D eigenvalue weighted by molar-refractivity contribution is -0.132. The van der Waals surface area contributed by atoms with E-state index in [0.29, 0.717) is 25.9 Å². The van der Waals surface area contributed by atoms with E-state index in [-0.39, 0.29) is 23.9 Å². The minimum Gasteiger partial charge on any atom is -0.340 e. The summed E-state index contributed by atoms with van der Waals surface area (Å²) in [5, 5.41) is 0.721. The largest absolute Gasteiger partial charge is 0.340 e. The van der Waals surface area contributed by atoms with Gasteiger partial charge in [-0.1, -0.05) is 11.8 Å². The highest BCUT2D eigenvalue weighted by atomic mass is 32.2. The second kappa shape index (κ2) is 9.40. The topological polar surface area (TPSA) is 83.5 Å². The third-order valence-electron chi connectivity index (χ3n) is 5.21. The molecule has 0 bridgehead atoms. The number of sulfonamides is 1.